The van der Waals surface area contributed by atoms with Gasteiger partial charge in [-0.15, -0.1) is 0 Å². The van der Waals surface area contributed by atoms with E-state index >= 15 is 0 Å². The van der Waals surface area contributed by atoms with E-state index in [0.717, 1.165) is 30.6 Å². The van der Waals surface area contributed by atoms with Crippen molar-refractivity contribution in [2.75, 3.05) is 6.61 Å². The van der Waals surface area contributed by atoms with Crippen LogP contribution in [0.15, 0.2) is 42.5 Å². The quantitative estimate of drug-likeness (QED) is 0.647. The Kier molecular flexibility index (Phi) is 6.23. The van der Waals surface area contributed by atoms with Gasteiger partial charge >= 0.3 is 0 Å². The lowest BCUT2D eigenvalue weighted by Gasteiger charge is -2.14. The molecular formula is C21H25NO. The van der Waals surface area contributed by atoms with Crippen LogP contribution in [0.3, 0.4) is 0 Å². The van der Waals surface area contributed by atoms with Crippen molar-refractivity contribution in [3.8, 4) is 11.8 Å². The number of nitrogens with zero attached hydrogens (tertiary/aromatic N) is 1. The Morgan fingerprint density at radius 2 is 1.91 bits per heavy atom. The van der Waals surface area contributed by atoms with Gasteiger partial charge in [0.1, 0.15) is 5.75 Å². The lowest BCUT2D eigenvalue weighted by molar-refractivity contribution is 0.302. The Morgan fingerprint density at radius 1 is 1.13 bits per heavy atom. The number of hydrogen-bond acceptors (Lipinski definition) is 2. The summed E-state index contributed by atoms with van der Waals surface area (Å²) in [5.74, 6) is 0.912. The molecule has 0 spiro atoms. The molecule has 2 nitrogen and oxygen atoms in total. The Labute approximate surface area is 139 Å². The fourth-order valence-corrected chi connectivity index (χ4v) is 2.83. The number of hydrogen-bond donors (Lipinski definition) is 0. The number of nitriles is 1. The Hall–Kier alpha value is -2.27. The standard InChI is InChI=1S/C21H25NO/c1-4-18-8-5-6-10-21(18)23-13-7-9-19(15-22)20-14-16(2)11-12-17(20)3/h5-6,8,10-12,14,19H,4,7,9,13H2,1-3H3. The predicted molar refractivity (Wildman–Crippen MR) is 94.8 cm³/mol. The molecule has 0 aliphatic heterocycles. The third-order valence-electron chi connectivity index (χ3n) is 4.21. The summed E-state index contributed by atoms with van der Waals surface area (Å²) in [6.45, 7) is 6.93. The molecule has 0 heterocycles. The molecule has 0 saturated heterocycles. The molecule has 0 N–H and O–H groups in total. The molecule has 0 aliphatic carbocycles. The summed E-state index contributed by atoms with van der Waals surface area (Å²) in [4.78, 5) is 0. The van der Waals surface area contributed by atoms with Crippen LogP contribution in [-0.4, -0.2) is 6.61 Å². The number of para-hydroxylation sites is 1. The number of ether oxygens (including phenoxy) is 1. The van der Waals surface area contributed by atoms with Gasteiger partial charge in [-0.3, -0.25) is 0 Å². The van der Waals surface area contributed by atoms with Crippen LogP contribution in [0.5, 0.6) is 5.75 Å². The Bertz CT molecular complexity index is 684. The van der Waals surface area contributed by atoms with E-state index in [0.29, 0.717) is 6.61 Å². The monoisotopic (exact) mass is 307 g/mol. The van der Waals surface area contributed by atoms with Gasteiger partial charge in [-0.1, -0.05) is 48.9 Å². The lowest BCUT2D eigenvalue weighted by Crippen LogP contribution is -2.04. The van der Waals surface area contributed by atoms with Crippen molar-refractivity contribution in [3.63, 3.8) is 0 Å². The molecule has 2 aromatic carbocycles. The largest absolute Gasteiger partial charge is 0.493 e. The van der Waals surface area contributed by atoms with Gasteiger partial charge < -0.3 is 4.74 Å². The van der Waals surface area contributed by atoms with Crippen LogP contribution in [0.25, 0.3) is 0 Å². The van der Waals surface area contributed by atoms with Crippen LogP contribution in [-0.2, 0) is 6.42 Å². The molecule has 2 heteroatoms. The molecular weight excluding hydrogens is 282 g/mol. The first kappa shape index (κ1) is 17.1. The summed E-state index contributed by atoms with van der Waals surface area (Å²) in [6, 6.07) is 16.9. The van der Waals surface area contributed by atoms with Crippen molar-refractivity contribution >= 4 is 0 Å². The molecule has 0 amide bonds. The van der Waals surface area contributed by atoms with Gasteiger partial charge in [-0.05, 0) is 55.9 Å². The molecule has 23 heavy (non-hydrogen) atoms. The van der Waals surface area contributed by atoms with Gasteiger partial charge in [0.05, 0.1) is 18.6 Å². The lowest BCUT2D eigenvalue weighted by atomic mass is 9.91. The molecule has 120 valence electrons. The van der Waals surface area contributed by atoms with Crippen LogP contribution in [0, 0.1) is 25.2 Å². The average molecular weight is 307 g/mol. The van der Waals surface area contributed by atoms with Crippen LogP contribution in [0.2, 0.25) is 0 Å². The minimum atomic E-state index is -0.0556. The van der Waals surface area contributed by atoms with Crippen LogP contribution < -0.4 is 4.74 Å². The van der Waals surface area contributed by atoms with Gasteiger partial charge in [0.25, 0.3) is 0 Å². The minimum absolute atomic E-state index is 0.0556. The van der Waals surface area contributed by atoms with Crippen molar-refractivity contribution in [2.45, 2.75) is 46.0 Å². The number of aryl methyl sites for hydroxylation is 3. The zero-order chi connectivity index (χ0) is 16.7. The maximum absolute atomic E-state index is 9.50. The van der Waals surface area contributed by atoms with E-state index in [1.165, 1.54) is 16.7 Å². The first-order valence-electron chi connectivity index (χ1n) is 8.33. The summed E-state index contributed by atoms with van der Waals surface area (Å²) in [5.41, 5.74) is 4.79. The SMILES string of the molecule is CCc1ccccc1OCCCC(C#N)c1cc(C)ccc1C. The second-order valence-corrected chi connectivity index (χ2v) is 5.99. The zero-order valence-electron chi connectivity index (χ0n) is 14.3. The molecule has 1 atom stereocenters. The predicted octanol–water partition coefficient (Wildman–Crippen LogP) is 5.33. The van der Waals surface area contributed by atoms with Crippen molar-refractivity contribution in [3.05, 3.63) is 64.7 Å². The van der Waals surface area contributed by atoms with Gasteiger partial charge in [0.15, 0.2) is 0 Å². The topological polar surface area (TPSA) is 33.0 Å². The van der Waals surface area contributed by atoms with E-state index in [4.69, 9.17) is 4.74 Å². The van der Waals surface area contributed by atoms with E-state index in [2.05, 4.69) is 51.1 Å². The molecule has 2 aromatic rings. The fourth-order valence-electron chi connectivity index (χ4n) is 2.83. The highest BCUT2D eigenvalue weighted by atomic mass is 16.5. The third-order valence-corrected chi connectivity index (χ3v) is 4.21. The molecule has 0 aliphatic rings. The van der Waals surface area contributed by atoms with E-state index < -0.39 is 0 Å². The zero-order valence-corrected chi connectivity index (χ0v) is 14.3. The van der Waals surface area contributed by atoms with Gasteiger partial charge in [-0.2, -0.15) is 5.26 Å². The first-order chi connectivity index (χ1) is 11.2. The van der Waals surface area contributed by atoms with E-state index in [1.54, 1.807) is 0 Å². The van der Waals surface area contributed by atoms with Crippen molar-refractivity contribution in [1.82, 2.24) is 0 Å². The second-order valence-electron chi connectivity index (χ2n) is 5.99. The molecule has 0 radical (unpaired) electrons. The Morgan fingerprint density at radius 3 is 2.65 bits per heavy atom. The van der Waals surface area contributed by atoms with Gasteiger partial charge in [0, 0.05) is 0 Å². The fraction of sp³-hybridized carbons (Fsp3) is 0.381. The number of rotatable bonds is 7. The highest BCUT2D eigenvalue weighted by Gasteiger charge is 2.13. The molecule has 0 saturated carbocycles. The minimum Gasteiger partial charge on any atom is -0.493 e. The summed E-state index contributed by atoms with van der Waals surface area (Å²) >= 11 is 0. The average Bonchev–Trinajstić information content (AvgIpc) is 2.58. The summed E-state index contributed by atoms with van der Waals surface area (Å²) in [5, 5.41) is 9.50. The summed E-state index contributed by atoms with van der Waals surface area (Å²) in [7, 11) is 0. The van der Waals surface area contributed by atoms with E-state index in [-0.39, 0.29) is 5.92 Å². The van der Waals surface area contributed by atoms with Crippen molar-refractivity contribution in [1.29, 1.82) is 5.26 Å². The molecule has 0 aromatic heterocycles. The van der Waals surface area contributed by atoms with Crippen LogP contribution in [0.1, 0.15) is 47.9 Å². The van der Waals surface area contributed by atoms with Gasteiger partial charge in [0.2, 0.25) is 0 Å². The highest BCUT2D eigenvalue weighted by Crippen LogP contribution is 2.25. The maximum Gasteiger partial charge on any atom is 0.122 e. The smallest absolute Gasteiger partial charge is 0.122 e. The summed E-state index contributed by atoms with van der Waals surface area (Å²) < 4.78 is 5.90. The molecule has 2 rings (SSSR count). The molecule has 0 fully saturated rings. The molecule has 1 unspecified atom stereocenters. The maximum atomic E-state index is 9.50. The van der Waals surface area contributed by atoms with Crippen molar-refractivity contribution < 1.29 is 4.74 Å². The van der Waals surface area contributed by atoms with Crippen molar-refractivity contribution in [2.24, 2.45) is 0 Å². The first-order valence-corrected chi connectivity index (χ1v) is 8.33. The summed E-state index contributed by atoms with van der Waals surface area (Å²) in [6.07, 6.45) is 2.68. The van der Waals surface area contributed by atoms with Crippen LogP contribution in [0.4, 0.5) is 0 Å². The van der Waals surface area contributed by atoms with Crippen LogP contribution >= 0.6 is 0 Å². The van der Waals surface area contributed by atoms with E-state index in [9.17, 15) is 5.26 Å². The highest BCUT2D eigenvalue weighted by molar-refractivity contribution is 5.36. The van der Waals surface area contributed by atoms with E-state index in [1.807, 2.05) is 18.2 Å². The van der Waals surface area contributed by atoms with Gasteiger partial charge in [-0.25, -0.2) is 0 Å². The molecule has 0 bridgehead atoms. The Balaban J connectivity index is 1.92. The normalized spacial score (nSPS) is 11.7. The number of benzene rings is 2. The second kappa shape index (κ2) is 8.39. The third kappa shape index (κ3) is 4.60.